The molecular weight excluding hydrogens is 396 g/mol. The van der Waals surface area contributed by atoms with E-state index in [1.165, 1.54) is 0 Å². The fourth-order valence-electron chi connectivity index (χ4n) is 2.95. The van der Waals surface area contributed by atoms with E-state index in [2.05, 4.69) is 10.6 Å². The predicted molar refractivity (Wildman–Crippen MR) is 107 cm³/mol. The van der Waals surface area contributed by atoms with E-state index in [1.54, 1.807) is 55.5 Å². The van der Waals surface area contributed by atoms with Gasteiger partial charge < -0.3 is 20.1 Å². The number of urea groups is 1. The van der Waals surface area contributed by atoms with Crippen molar-refractivity contribution in [3.8, 4) is 5.75 Å². The fraction of sp³-hybridized carbons (Fsp3) is 0.190. The smallest absolute Gasteiger partial charge is 0.338 e. The van der Waals surface area contributed by atoms with Gasteiger partial charge in [0.2, 0.25) is 0 Å². The maximum absolute atomic E-state index is 12.7. The number of halogens is 1. The average molecular weight is 415 g/mol. The molecule has 8 heteroatoms. The molecule has 2 aromatic rings. The Labute approximate surface area is 172 Å². The zero-order valence-corrected chi connectivity index (χ0v) is 16.4. The van der Waals surface area contributed by atoms with E-state index in [-0.39, 0.29) is 24.5 Å². The van der Waals surface area contributed by atoms with Gasteiger partial charge in [0.05, 0.1) is 29.5 Å². The molecule has 2 amide bonds. The molecule has 0 aliphatic carbocycles. The highest BCUT2D eigenvalue weighted by Crippen LogP contribution is 2.29. The molecule has 1 aliphatic rings. The number of carbonyl (C=O) groups excluding carboxylic acids is 3. The lowest BCUT2D eigenvalue weighted by Gasteiger charge is -2.29. The van der Waals surface area contributed by atoms with Gasteiger partial charge in [-0.1, -0.05) is 35.9 Å². The van der Waals surface area contributed by atoms with Gasteiger partial charge in [-0.25, -0.2) is 9.59 Å². The van der Waals surface area contributed by atoms with Crippen LogP contribution < -0.4 is 15.4 Å². The van der Waals surface area contributed by atoms with E-state index < -0.39 is 18.0 Å². The number of carbonyl (C=O) groups is 3. The van der Waals surface area contributed by atoms with Crippen LogP contribution in [0.25, 0.3) is 0 Å². The molecule has 0 saturated heterocycles. The number of hydrogen-bond acceptors (Lipinski definition) is 5. The number of aldehydes is 1. The summed E-state index contributed by atoms with van der Waals surface area (Å²) < 4.78 is 10.9. The van der Waals surface area contributed by atoms with Crippen LogP contribution in [-0.4, -0.2) is 31.5 Å². The van der Waals surface area contributed by atoms with Gasteiger partial charge in [-0.2, -0.15) is 0 Å². The number of rotatable bonds is 7. The number of hydrogen-bond donors (Lipinski definition) is 2. The molecular formula is C21H19ClN2O5. The Morgan fingerprint density at radius 1 is 1.17 bits per heavy atom. The normalized spacial score (nSPS) is 15.9. The van der Waals surface area contributed by atoms with E-state index in [0.717, 1.165) is 0 Å². The summed E-state index contributed by atoms with van der Waals surface area (Å²) in [5.74, 6) is -0.240. The number of benzene rings is 2. The molecule has 1 atom stereocenters. The third kappa shape index (κ3) is 4.75. The van der Waals surface area contributed by atoms with Gasteiger partial charge in [0, 0.05) is 5.02 Å². The molecule has 2 N–H and O–H groups in total. The maximum atomic E-state index is 12.7. The molecule has 0 bridgehead atoms. The quantitative estimate of drug-likeness (QED) is 0.535. The van der Waals surface area contributed by atoms with Crippen molar-refractivity contribution >= 4 is 29.9 Å². The van der Waals surface area contributed by atoms with Crippen molar-refractivity contribution < 1.29 is 23.9 Å². The van der Waals surface area contributed by atoms with Crippen LogP contribution >= 0.6 is 11.6 Å². The Morgan fingerprint density at radius 3 is 2.59 bits per heavy atom. The molecule has 1 aliphatic heterocycles. The minimum absolute atomic E-state index is 0.128. The third-order valence-corrected chi connectivity index (χ3v) is 4.52. The van der Waals surface area contributed by atoms with Gasteiger partial charge in [0.15, 0.2) is 6.29 Å². The number of amides is 2. The second-order valence-electron chi connectivity index (χ2n) is 6.14. The van der Waals surface area contributed by atoms with Crippen molar-refractivity contribution in [3.05, 3.63) is 76.0 Å². The van der Waals surface area contributed by atoms with Crippen LogP contribution in [0.5, 0.6) is 5.75 Å². The molecule has 3 rings (SSSR count). The first-order chi connectivity index (χ1) is 14.0. The van der Waals surface area contributed by atoms with Gasteiger partial charge in [0.1, 0.15) is 12.4 Å². The summed E-state index contributed by atoms with van der Waals surface area (Å²) in [5, 5.41) is 5.87. The molecule has 1 unspecified atom stereocenters. The molecule has 7 nitrogen and oxygen atoms in total. The van der Waals surface area contributed by atoms with Crippen LogP contribution in [-0.2, 0) is 9.53 Å². The summed E-state index contributed by atoms with van der Waals surface area (Å²) >= 11 is 5.95. The largest absolute Gasteiger partial charge is 0.487 e. The number of para-hydroxylation sites is 1. The average Bonchev–Trinajstić information content (AvgIpc) is 2.72. The third-order valence-electron chi connectivity index (χ3n) is 4.27. The first-order valence-electron chi connectivity index (χ1n) is 8.93. The van der Waals surface area contributed by atoms with Crippen LogP contribution in [0.15, 0.2) is 59.8 Å². The lowest BCUT2D eigenvalue weighted by Crippen LogP contribution is -2.47. The SMILES string of the molecule is CCOC(=O)C1=C(COc2ccccc2C=O)NC(=O)NC1c1ccc(Cl)cc1. The topological polar surface area (TPSA) is 93.7 Å². The lowest BCUT2D eigenvalue weighted by atomic mass is 9.95. The Morgan fingerprint density at radius 2 is 1.90 bits per heavy atom. The van der Waals surface area contributed by atoms with Crippen LogP contribution in [0, 0.1) is 0 Å². The monoisotopic (exact) mass is 414 g/mol. The molecule has 0 spiro atoms. The molecule has 0 radical (unpaired) electrons. The van der Waals surface area contributed by atoms with Crippen molar-refractivity contribution in [1.82, 2.24) is 10.6 Å². The van der Waals surface area contributed by atoms with E-state index >= 15 is 0 Å². The van der Waals surface area contributed by atoms with Gasteiger partial charge in [-0.05, 0) is 36.8 Å². The molecule has 0 saturated carbocycles. The summed E-state index contributed by atoms with van der Waals surface area (Å²) in [6, 6.07) is 12.2. The van der Waals surface area contributed by atoms with E-state index in [9.17, 15) is 14.4 Å². The highest BCUT2D eigenvalue weighted by atomic mass is 35.5. The summed E-state index contributed by atoms with van der Waals surface area (Å²) in [5.41, 5.74) is 1.50. The molecule has 0 aromatic heterocycles. The van der Waals surface area contributed by atoms with E-state index in [4.69, 9.17) is 21.1 Å². The Hall–Kier alpha value is -3.32. The molecule has 29 heavy (non-hydrogen) atoms. The molecule has 150 valence electrons. The van der Waals surface area contributed by atoms with E-state index in [0.29, 0.717) is 28.2 Å². The summed E-state index contributed by atoms with van der Waals surface area (Å²) in [6.07, 6.45) is 0.674. The Balaban J connectivity index is 1.98. The highest BCUT2D eigenvalue weighted by molar-refractivity contribution is 6.30. The lowest BCUT2D eigenvalue weighted by molar-refractivity contribution is -0.139. The van der Waals surface area contributed by atoms with Crippen LogP contribution in [0.2, 0.25) is 5.02 Å². The van der Waals surface area contributed by atoms with Crippen LogP contribution in [0.3, 0.4) is 0 Å². The summed E-state index contributed by atoms with van der Waals surface area (Å²) in [4.78, 5) is 36.1. The minimum atomic E-state index is -0.736. The summed E-state index contributed by atoms with van der Waals surface area (Å²) in [6.45, 7) is 1.74. The van der Waals surface area contributed by atoms with Gasteiger partial charge in [-0.3, -0.25) is 4.79 Å². The predicted octanol–water partition coefficient (Wildman–Crippen LogP) is 3.40. The fourth-order valence-corrected chi connectivity index (χ4v) is 3.07. The van der Waals surface area contributed by atoms with Gasteiger partial charge >= 0.3 is 12.0 Å². The molecule has 0 fully saturated rings. The van der Waals surface area contributed by atoms with E-state index in [1.807, 2.05) is 0 Å². The highest BCUT2D eigenvalue weighted by Gasteiger charge is 2.34. The second-order valence-corrected chi connectivity index (χ2v) is 6.58. The van der Waals surface area contributed by atoms with Crippen LogP contribution in [0.1, 0.15) is 28.9 Å². The van der Waals surface area contributed by atoms with Crippen molar-refractivity contribution in [1.29, 1.82) is 0 Å². The Bertz CT molecular complexity index is 956. The number of nitrogens with one attached hydrogen (secondary N) is 2. The number of ether oxygens (including phenoxy) is 2. The zero-order chi connectivity index (χ0) is 20.8. The van der Waals surface area contributed by atoms with Crippen molar-refractivity contribution in [2.45, 2.75) is 13.0 Å². The van der Waals surface area contributed by atoms with Crippen molar-refractivity contribution in [2.24, 2.45) is 0 Å². The van der Waals surface area contributed by atoms with Crippen molar-refractivity contribution in [3.63, 3.8) is 0 Å². The van der Waals surface area contributed by atoms with Crippen LogP contribution in [0.4, 0.5) is 4.79 Å². The number of esters is 1. The summed E-state index contributed by atoms with van der Waals surface area (Å²) in [7, 11) is 0. The second kappa shape index (κ2) is 9.25. The van der Waals surface area contributed by atoms with Gasteiger partial charge in [-0.15, -0.1) is 0 Å². The first-order valence-corrected chi connectivity index (χ1v) is 9.31. The zero-order valence-electron chi connectivity index (χ0n) is 15.6. The van der Waals surface area contributed by atoms with Crippen molar-refractivity contribution in [2.75, 3.05) is 13.2 Å². The molecule has 1 heterocycles. The Kier molecular flexibility index (Phi) is 6.51. The minimum Gasteiger partial charge on any atom is -0.487 e. The van der Waals surface area contributed by atoms with Gasteiger partial charge in [0.25, 0.3) is 0 Å². The maximum Gasteiger partial charge on any atom is 0.338 e. The molecule has 2 aromatic carbocycles. The standard InChI is InChI=1S/C21H19ClN2O5/c1-2-28-20(26)18-16(12-29-17-6-4-3-5-14(17)11-25)23-21(27)24-19(18)13-7-9-15(22)10-8-13/h3-11,19H,2,12H2,1H3,(H2,23,24,27). The first kappa shape index (κ1) is 20.4.